The van der Waals surface area contributed by atoms with Crippen molar-refractivity contribution in [2.45, 2.75) is 17.4 Å². The Kier molecular flexibility index (Phi) is 3.68. The number of nitrogens with zero attached hydrogens (tertiary/aromatic N) is 1. The summed E-state index contributed by atoms with van der Waals surface area (Å²) in [5.41, 5.74) is 0.536. The highest BCUT2D eigenvalue weighted by Gasteiger charge is 2.32. The van der Waals surface area contributed by atoms with E-state index in [0.717, 1.165) is 0 Å². The molecule has 0 spiro atoms. The zero-order valence-corrected chi connectivity index (χ0v) is 11.7. The molecule has 1 fully saturated rings. The quantitative estimate of drug-likeness (QED) is 0.832. The predicted molar refractivity (Wildman–Crippen MR) is 72.8 cm³/mol. The van der Waals surface area contributed by atoms with Crippen molar-refractivity contribution in [2.24, 2.45) is 0 Å². The number of rotatable bonds is 2. The average molecular weight is 285 g/mol. The van der Waals surface area contributed by atoms with Crippen LogP contribution in [0, 0.1) is 0 Å². The van der Waals surface area contributed by atoms with Gasteiger partial charge < -0.3 is 4.90 Å². The van der Waals surface area contributed by atoms with E-state index in [9.17, 15) is 13.2 Å². The molecule has 0 saturated carbocycles. The Morgan fingerprint density at radius 2 is 2.17 bits per heavy atom. The van der Waals surface area contributed by atoms with Crippen molar-refractivity contribution in [1.82, 2.24) is 4.90 Å². The van der Waals surface area contributed by atoms with E-state index in [1.165, 1.54) is 4.90 Å². The molecule has 6 heteroatoms. The van der Waals surface area contributed by atoms with Crippen LogP contribution in [-0.4, -0.2) is 43.8 Å². The number of hydrogen-bond acceptors (Lipinski definition) is 4. The first-order valence-corrected chi connectivity index (χ1v) is 7.92. The van der Waals surface area contributed by atoms with Gasteiger partial charge in [-0.1, -0.05) is 6.07 Å². The van der Waals surface area contributed by atoms with Crippen LogP contribution in [0.2, 0.25) is 0 Å². The fourth-order valence-corrected chi connectivity index (χ4v) is 4.09. The minimum absolute atomic E-state index is 0.0653. The fraction of sp³-hybridized carbons (Fsp3) is 0.417. The van der Waals surface area contributed by atoms with Gasteiger partial charge in [0.25, 0.3) is 5.91 Å². The van der Waals surface area contributed by atoms with Crippen molar-refractivity contribution in [2.75, 3.05) is 18.6 Å². The molecule has 1 aromatic rings. The Hall–Kier alpha value is -1.01. The molecule has 1 aliphatic heterocycles. The van der Waals surface area contributed by atoms with Crippen LogP contribution in [0.25, 0.3) is 0 Å². The van der Waals surface area contributed by atoms with Gasteiger partial charge in [0.05, 0.1) is 11.5 Å². The van der Waals surface area contributed by atoms with Crippen LogP contribution in [0.4, 0.5) is 0 Å². The van der Waals surface area contributed by atoms with Crippen LogP contribution in [0.15, 0.2) is 29.2 Å². The zero-order valence-electron chi connectivity index (χ0n) is 10.0. The van der Waals surface area contributed by atoms with Gasteiger partial charge in [-0.3, -0.25) is 4.79 Å². The van der Waals surface area contributed by atoms with E-state index in [0.29, 0.717) is 16.9 Å². The van der Waals surface area contributed by atoms with Gasteiger partial charge in [-0.25, -0.2) is 8.42 Å². The van der Waals surface area contributed by atoms with E-state index >= 15 is 0 Å². The Balaban J connectivity index is 2.15. The van der Waals surface area contributed by atoms with Gasteiger partial charge in [0.15, 0.2) is 9.84 Å². The summed E-state index contributed by atoms with van der Waals surface area (Å²) in [6.07, 6.45) is 0.519. The first-order chi connectivity index (χ1) is 8.39. The summed E-state index contributed by atoms with van der Waals surface area (Å²) < 4.78 is 22.8. The number of carbonyl (C=O) groups is 1. The summed E-state index contributed by atoms with van der Waals surface area (Å²) >= 11 is 4.19. The molecule has 1 amide bonds. The maximum atomic E-state index is 12.2. The van der Waals surface area contributed by atoms with Gasteiger partial charge in [0.2, 0.25) is 0 Å². The largest absolute Gasteiger partial charge is 0.338 e. The second kappa shape index (κ2) is 4.93. The minimum Gasteiger partial charge on any atom is -0.338 e. The molecule has 0 N–H and O–H groups in total. The van der Waals surface area contributed by atoms with E-state index in [1.54, 1.807) is 31.3 Å². The molecule has 18 heavy (non-hydrogen) atoms. The number of hydrogen-bond donors (Lipinski definition) is 1. The standard InChI is InChI=1S/C12H15NO3S2/c1-13(10-5-6-18(15,16)8-10)12(14)9-3-2-4-11(17)7-9/h2-4,7,10,17H,5-6,8H2,1H3. The highest BCUT2D eigenvalue weighted by molar-refractivity contribution is 7.91. The lowest BCUT2D eigenvalue weighted by molar-refractivity contribution is 0.0747. The summed E-state index contributed by atoms with van der Waals surface area (Å²) in [5.74, 6) is 0.0746. The molecule has 0 aliphatic carbocycles. The normalized spacial score (nSPS) is 21.8. The summed E-state index contributed by atoms with van der Waals surface area (Å²) in [7, 11) is -1.32. The molecule has 98 valence electrons. The van der Waals surface area contributed by atoms with Crippen LogP contribution < -0.4 is 0 Å². The first kappa shape index (κ1) is 13.4. The van der Waals surface area contributed by atoms with Crippen molar-refractivity contribution in [3.8, 4) is 0 Å². The highest BCUT2D eigenvalue weighted by atomic mass is 32.2. The molecule has 0 radical (unpaired) electrons. The second-order valence-corrected chi connectivity index (χ2v) is 7.27. The van der Waals surface area contributed by atoms with Crippen LogP contribution >= 0.6 is 12.6 Å². The van der Waals surface area contributed by atoms with Crippen LogP contribution in [0.3, 0.4) is 0 Å². The third-order valence-electron chi connectivity index (χ3n) is 3.17. The number of benzene rings is 1. The Morgan fingerprint density at radius 3 is 2.72 bits per heavy atom. The van der Waals surface area contributed by atoms with E-state index in [1.807, 2.05) is 0 Å². The molecule has 1 heterocycles. The third-order valence-corrected chi connectivity index (χ3v) is 5.20. The topological polar surface area (TPSA) is 54.5 Å². The van der Waals surface area contributed by atoms with Crippen molar-refractivity contribution in [3.63, 3.8) is 0 Å². The number of sulfone groups is 1. The summed E-state index contributed by atoms with van der Waals surface area (Å²) in [4.78, 5) is 14.4. The third kappa shape index (κ3) is 2.87. The van der Waals surface area contributed by atoms with Crippen molar-refractivity contribution < 1.29 is 13.2 Å². The molecule has 1 unspecified atom stereocenters. The summed E-state index contributed by atoms with van der Waals surface area (Å²) in [5, 5.41) is 0. The molecular weight excluding hydrogens is 270 g/mol. The van der Waals surface area contributed by atoms with Crippen molar-refractivity contribution in [1.29, 1.82) is 0 Å². The number of carbonyl (C=O) groups excluding carboxylic acids is 1. The lowest BCUT2D eigenvalue weighted by atomic mass is 10.1. The van der Waals surface area contributed by atoms with Gasteiger partial charge in [-0.05, 0) is 24.6 Å². The van der Waals surface area contributed by atoms with Gasteiger partial charge in [-0.15, -0.1) is 12.6 Å². The van der Waals surface area contributed by atoms with Gasteiger partial charge in [0.1, 0.15) is 0 Å². The average Bonchev–Trinajstić information content (AvgIpc) is 2.68. The number of amides is 1. The zero-order chi connectivity index (χ0) is 13.3. The van der Waals surface area contributed by atoms with Crippen LogP contribution in [0.1, 0.15) is 16.8 Å². The molecule has 2 rings (SSSR count). The van der Waals surface area contributed by atoms with Gasteiger partial charge in [0, 0.05) is 23.5 Å². The summed E-state index contributed by atoms with van der Waals surface area (Å²) in [6.45, 7) is 0. The van der Waals surface area contributed by atoms with Gasteiger partial charge in [-0.2, -0.15) is 0 Å². The molecule has 4 nitrogen and oxygen atoms in total. The summed E-state index contributed by atoms with van der Waals surface area (Å²) in [6, 6.07) is 6.73. The van der Waals surface area contributed by atoms with E-state index in [-0.39, 0.29) is 23.5 Å². The number of thiol groups is 1. The lowest BCUT2D eigenvalue weighted by Gasteiger charge is -2.23. The van der Waals surface area contributed by atoms with E-state index in [2.05, 4.69) is 12.6 Å². The van der Waals surface area contributed by atoms with E-state index < -0.39 is 9.84 Å². The Morgan fingerprint density at radius 1 is 1.44 bits per heavy atom. The SMILES string of the molecule is CN(C(=O)c1cccc(S)c1)C1CCS(=O)(=O)C1. The van der Waals surface area contributed by atoms with E-state index in [4.69, 9.17) is 0 Å². The van der Waals surface area contributed by atoms with Crippen molar-refractivity contribution in [3.05, 3.63) is 29.8 Å². The molecule has 1 aromatic carbocycles. The first-order valence-electron chi connectivity index (χ1n) is 5.66. The molecule has 1 saturated heterocycles. The predicted octanol–water partition coefficient (Wildman–Crippen LogP) is 1.23. The minimum atomic E-state index is -2.97. The molecule has 0 bridgehead atoms. The molecule has 0 aromatic heterocycles. The van der Waals surface area contributed by atoms with Crippen LogP contribution in [-0.2, 0) is 9.84 Å². The maximum Gasteiger partial charge on any atom is 0.253 e. The highest BCUT2D eigenvalue weighted by Crippen LogP contribution is 2.19. The molecule has 1 atom stereocenters. The van der Waals surface area contributed by atoms with Crippen molar-refractivity contribution >= 4 is 28.4 Å². The Labute approximate surface area is 112 Å². The Bertz CT molecular complexity index is 568. The van der Waals surface area contributed by atoms with Crippen LogP contribution in [0.5, 0.6) is 0 Å². The fourth-order valence-electron chi connectivity index (χ4n) is 2.09. The maximum absolute atomic E-state index is 12.2. The van der Waals surface area contributed by atoms with Gasteiger partial charge >= 0.3 is 0 Å². The smallest absolute Gasteiger partial charge is 0.253 e. The monoisotopic (exact) mass is 285 g/mol. The second-order valence-electron chi connectivity index (χ2n) is 4.52. The molecule has 1 aliphatic rings. The lowest BCUT2D eigenvalue weighted by Crippen LogP contribution is -2.37. The molecular formula is C12H15NO3S2.